The Kier molecular flexibility index (Phi) is 4.20. The van der Waals surface area contributed by atoms with Crippen molar-refractivity contribution < 1.29 is 14.3 Å². The normalized spacial score (nSPS) is 18.4. The molecule has 25 heavy (non-hydrogen) atoms. The first kappa shape index (κ1) is 16.1. The van der Waals surface area contributed by atoms with Crippen molar-refractivity contribution in [3.05, 3.63) is 18.2 Å². The fraction of sp³-hybridized carbons (Fsp3) is 0.471. The van der Waals surface area contributed by atoms with Crippen molar-refractivity contribution in [2.24, 2.45) is 5.92 Å². The fourth-order valence-corrected chi connectivity index (χ4v) is 4.22. The Bertz CT molecular complexity index is 794. The van der Waals surface area contributed by atoms with Gasteiger partial charge in [0.1, 0.15) is 5.75 Å². The Labute approximate surface area is 149 Å². The smallest absolute Gasteiger partial charge is 0.229 e. The van der Waals surface area contributed by atoms with Crippen LogP contribution in [0, 0.1) is 5.92 Å². The second-order valence-corrected chi connectivity index (χ2v) is 7.41. The molecule has 0 spiro atoms. The Morgan fingerprint density at radius 1 is 1.28 bits per heavy atom. The van der Waals surface area contributed by atoms with E-state index in [2.05, 4.69) is 9.88 Å². The molecule has 2 fully saturated rings. The molecule has 2 saturated heterocycles. The Morgan fingerprint density at radius 2 is 2.04 bits per heavy atom. The number of hydrogen-bond acceptors (Lipinski definition) is 6. The molecule has 7 nitrogen and oxygen atoms in total. The Morgan fingerprint density at radius 3 is 2.72 bits per heavy atom. The number of carbonyl (C=O) groups excluding carboxylic acids is 2. The standard InChI is InChI=1S/C17H20N4O3S/c1-24-13-2-3-15-14(8-13)18-17(25-15)21-9-12(10-21)16(23)20-6-4-19(11-22)5-7-20/h2-3,8,11-12H,4-7,9-10H2,1H3. The van der Waals surface area contributed by atoms with E-state index in [1.165, 1.54) is 0 Å². The molecule has 2 amide bonds. The molecule has 1 aromatic heterocycles. The average molecular weight is 360 g/mol. The van der Waals surface area contributed by atoms with Gasteiger partial charge in [0.25, 0.3) is 0 Å². The zero-order valence-corrected chi connectivity index (χ0v) is 14.9. The van der Waals surface area contributed by atoms with E-state index in [0.29, 0.717) is 39.3 Å². The summed E-state index contributed by atoms with van der Waals surface area (Å²) in [5.41, 5.74) is 0.930. The zero-order valence-electron chi connectivity index (χ0n) is 14.1. The molecule has 2 aromatic rings. The van der Waals surface area contributed by atoms with Gasteiger partial charge < -0.3 is 19.4 Å². The van der Waals surface area contributed by atoms with Crippen LogP contribution >= 0.6 is 11.3 Å². The first-order chi connectivity index (χ1) is 12.2. The van der Waals surface area contributed by atoms with Crippen molar-refractivity contribution in [3.63, 3.8) is 0 Å². The zero-order chi connectivity index (χ0) is 17.4. The van der Waals surface area contributed by atoms with Crippen molar-refractivity contribution in [2.45, 2.75) is 0 Å². The van der Waals surface area contributed by atoms with Crippen LogP contribution in [0.5, 0.6) is 5.75 Å². The van der Waals surface area contributed by atoms with Crippen LogP contribution in [-0.4, -0.2) is 73.5 Å². The highest BCUT2D eigenvalue weighted by atomic mass is 32.1. The van der Waals surface area contributed by atoms with E-state index in [-0.39, 0.29) is 11.8 Å². The number of carbonyl (C=O) groups is 2. The van der Waals surface area contributed by atoms with E-state index in [4.69, 9.17) is 4.74 Å². The first-order valence-corrected chi connectivity index (χ1v) is 9.17. The first-order valence-electron chi connectivity index (χ1n) is 8.35. The average Bonchev–Trinajstić information content (AvgIpc) is 3.02. The van der Waals surface area contributed by atoms with Crippen LogP contribution in [0.2, 0.25) is 0 Å². The molecule has 1 aromatic carbocycles. The van der Waals surface area contributed by atoms with E-state index in [9.17, 15) is 9.59 Å². The number of benzene rings is 1. The lowest BCUT2D eigenvalue weighted by atomic mass is 9.99. The summed E-state index contributed by atoms with van der Waals surface area (Å²) in [5.74, 6) is 1.03. The second-order valence-electron chi connectivity index (χ2n) is 6.40. The molecule has 0 aliphatic carbocycles. The largest absolute Gasteiger partial charge is 0.497 e. The molecule has 2 aliphatic heterocycles. The number of piperazine rings is 1. The minimum absolute atomic E-state index is 0.0318. The molecule has 0 atom stereocenters. The third-order valence-corrected chi connectivity index (χ3v) is 5.96. The minimum atomic E-state index is 0.0318. The Balaban J connectivity index is 1.37. The summed E-state index contributed by atoms with van der Waals surface area (Å²) in [7, 11) is 1.65. The summed E-state index contributed by atoms with van der Waals surface area (Å²) in [6.45, 7) is 3.95. The van der Waals surface area contributed by atoms with Gasteiger partial charge in [-0.3, -0.25) is 9.59 Å². The lowest BCUT2D eigenvalue weighted by Gasteiger charge is -2.42. The molecule has 2 aliphatic rings. The van der Waals surface area contributed by atoms with Crippen molar-refractivity contribution >= 4 is 39.0 Å². The Hall–Kier alpha value is -2.35. The van der Waals surface area contributed by atoms with Crippen LogP contribution in [0.1, 0.15) is 0 Å². The van der Waals surface area contributed by atoms with Crippen LogP contribution in [-0.2, 0) is 9.59 Å². The molecule has 0 unspecified atom stereocenters. The topological polar surface area (TPSA) is 66.0 Å². The van der Waals surface area contributed by atoms with Gasteiger partial charge in [-0.2, -0.15) is 0 Å². The maximum atomic E-state index is 12.6. The van der Waals surface area contributed by atoms with Gasteiger partial charge in [-0.25, -0.2) is 4.98 Å². The summed E-state index contributed by atoms with van der Waals surface area (Å²) in [4.78, 5) is 33.7. The third-order valence-electron chi connectivity index (χ3n) is 4.86. The number of rotatable bonds is 4. The highest BCUT2D eigenvalue weighted by molar-refractivity contribution is 7.22. The lowest BCUT2D eigenvalue weighted by Crippen LogP contribution is -2.57. The van der Waals surface area contributed by atoms with Gasteiger partial charge >= 0.3 is 0 Å². The van der Waals surface area contributed by atoms with E-state index in [1.807, 2.05) is 23.1 Å². The summed E-state index contributed by atoms with van der Waals surface area (Å²) < 4.78 is 6.36. The minimum Gasteiger partial charge on any atom is -0.497 e. The number of nitrogens with zero attached hydrogens (tertiary/aromatic N) is 4. The van der Waals surface area contributed by atoms with Crippen molar-refractivity contribution in [2.75, 3.05) is 51.3 Å². The van der Waals surface area contributed by atoms with E-state index < -0.39 is 0 Å². The fourth-order valence-electron chi connectivity index (χ4n) is 3.25. The molecule has 4 rings (SSSR count). The molecule has 0 radical (unpaired) electrons. The number of aromatic nitrogens is 1. The van der Waals surface area contributed by atoms with Gasteiger partial charge in [-0.1, -0.05) is 11.3 Å². The van der Waals surface area contributed by atoms with Gasteiger partial charge in [0, 0.05) is 45.3 Å². The molecule has 8 heteroatoms. The predicted octanol–water partition coefficient (Wildman–Crippen LogP) is 1.04. The van der Waals surface area contributed by atoms with Crippen LogP contribution in [0.4, 0.5) is 5.13 Å². The highest BCUT2D eigenvalue weighted by Gasteiger charge is 2.37. The molecule has 0 saturated carbocycles. The van der Waals surface area contributed by atoms with Gasteiger partial charge in [0.05, 0.1) is 23.2 Å². The summed E-state index contributed by atoms with van der Waals surface area (Å²) in [6.07, 6.45) is 0.856. The van der Waals surface area contributed by atoms with Crippen LogP contribution in [0.3, 0.4) is 0 Å². The second kappa shape index (κ2) is 6.51. The van der Waals surface area contributed by atoms with Crippen LogP contribution < -0.4 is 9.64 Å². The lowest BCUT2D eigenvalue weighted by molar-refractivity contribution is -0.139. The van der Waals surface area contributed by atoms with Crippen LogP contribution in [0.15, 0.2) is 18.2 Å². The predicted molar refractivity (Wildman–Crippen MR) is 96.1 cm³/mol. The quantitative estimate of drug-likeness (QED) is 0.763. The highest BCUT2D eigenvalue weighted by Crippen LogP contribution is 2.34. The summed E-state index contributed by atoms with van der Waals surface area (Å²) in [5, 5.41) is 0.957. The van der Waals surface area contributed by atoms with Gasteiger partial charge in [0.15, 0.2) is 5.13 Å². The summed E-state index contributed by atoms with van der Waals surface area (Å²) >= 11 is 1.64. The van der Waals surface area contributed by atoms with Crippen LogP contribution in [0.25, 0.3) is 10.2 Å². The van der Waals surface area contributed by atoms with E-state index >= 15 is 0 Å². The van der Waals surface area contributed by atoms with Gasteiger partial charge in [-0.05, 0) is 12.1 Å². The maximum Gasteiger partial charge on any atom is 0.229 e. The van der Waals surface area contributed by atoms with Crippen molar-refractivity contribution in [3.8, 4) is 5.75 Å². The van der Waals surface area contributed by atoms with E-state index in [0.717, 1.165) is 27.5 Å². The van der Waals surface area contributed by atoms with Gasteiger partial charge in [-0.15, -0.1) is 0 Å². The monoisotopic (exact) mass is 360 g/mol. The van der Waals surface area contributed by atoms with Crippen molar-refractivity contribution in [1.29, 1.82) is 0 Å². The van der Waals surface area contributed by atoms with Gasteiger partial charge in [0.2, 0.25) is 12.3 Å². The summed E-state index contributed by atoms with van der Waals surface area (Å²) in [6, 6.07) is 5.89. The number of fused-ring (bicyclic) bond motifs is 1. The molecular weight excluding hydrogens is 340 g/mol. The molecule has 0 bridgehead atoms. The molecule has 132 valence electrons. The molecule has 3 heterocycles. The third kappa shape index (κ3) is 3.02. The number of amides is 2. The number of thiazole rings is 1. The SMILES string of the molecule is COc1ccc2sc(N3CC(C(=O)N4CCN(C=O)CC4)C3)nc2c1. The number of methoxy groups -OCH3 is 1. The molecule has 0 N–H and O–H groups in total. The maximum absolute atomic E-state index is 12.6. The van der Waals surface area contributed by atoms with E-state index in [1.54, 1.807) is 23.3 Å². The van der Waals surface area contributed by atoms with Crippen molar-refractivity contribution in [1.82, 2.24) is 14.8 Å². The number of ether oxygens (including phenoxy) is 1. The number of hydrogen-bond donors (Lipinski definition) is 0. The molecular formula is C17H20N4O3S. The number of anilines is 1.